The topological polar surface area (TPSA) is 36.9 Å². The second kappa shape index (κ2) is 16.2. The monoisotopic (exact) mass is 420 g/mol. The SMILES string of the molecule is CCCC(SSSSC(CCC)[Si](OC)OC)[Si](OC)OC. The summed E-state index contributed by atoms with van der Waals surface area (Å²) in [7, 11) is 12.0. The largest absolute Gasteiger partial charge is 0.399 e. The molecule has 0 saturated carbocycles. The number of hydrogen-bond acceptors (Lipinski definition) is 8. The molecule has 0 aliphatic rings. The normalized spacial score (nSPS) is 14.7. The molecule has 0 N–H and O–H groups in total. The maximum atomic E-state index is 5.50. The third-order valence-electron chi connectivity index (χ3n) is 2.77. The van der Waals surface area contributed by atoms with Gasteiger partial charge in [0.25, 0.3) is 0 Å². The molecule has 0 amide bonds. The molecule has 4 nitrogen and oxygen atoms in total. The highest BCUT2D eigenvalue weighted by Gasteiger charge is 2.29. The van der Waals surface area contributed by atoms with E-state index in [4.69, 9.17) is 17.7 Å². The highest BCUT2D eigenvalue weighted by molar-refractivity contribution is 9.26. The van der Waals surface area contributed by atoms with Gasteiger partial charge in [0.1, 0.15) is 0 Å². The van der Waals surface area contributed by atoms with E-state index in [2.05, 4.69) is 13.8 Å². The first-order chi connectivity index (χ1) is 10.7. The smallest absolute Gasteiger partial charge is 0.396 e. The maximum Gasteiger partial charge on any atom is 0.399 e. The third-order valence-corrected chi connectivity index (χ3v) is 15.5. The summed E-state index contributed by atoms with van der Waals surface area (Å²) in [6.07, 6.45) is 4.55. The van der Waals surface area contributed by atoms with Crippen molar-refractivity contribution in [3.8, 4) is 0 Å². The van der Waals surface area contributed by atoms with Crippen LogP contribution in [0.4, 0.5) is 0 Å². The molecule has 0 fully saturated rings. The van der Waals surface area contributed by atoms with Crippen LogP contribution < -0.4 is 0 Å². The standard InChI is InChI=1S/C12H28O4S4Si2/c1-7-9-11(21(13-3)14-4)17-19-20-18-12(10-8-2)22(15-5)16-6/h11-12H,7-10H2,1-6H3. The minimum absolute atomic E-state index is 0.447. The van der Waals surface area contributed by atoms with Gasteiger partial charge in [-0.25, -0.2) is 0 Å². The molecule has 0 rings (SSSR count). The molecule has 0 bridgehead atoms. The second-order valence-electron chi connectivity index (χ2n) is 4.34. The van der Waals surface area contributed by atoms with Crippen molar-refractivity contribution in [3.63, 3.8) is 0 Å². The lowest BCUT2D eigenvalue weighted by Gasteiger charge is -2.21. The van der Waals surface area contributed by atoms with Crippen molar-refractivity contribution in [1.29, 1.82) is 0 Å². The van der Waals surface area contributed by atoms with E-state index < -0.39 is 18.6 Å². The summed E-state index contributed by atoms with van der Waals surface area (Å²) in [4.78, 5) is 0.893. The first kappa shape index (κ1) is 23.7. The quantitative estimate of drug-likeness (QED) is 0.215. The van der Waals surface area contributed by atoms with Gasteiger partial charge in [-0.3, -0.25) is 0 Å². The first-order valence-electron chi connectivity index (χ1n) is 7.23. The molecular formula is C12H28O4S4Si2. The van der Waals surface area contributed by atoms with Crippen LogP contribution in [0.15, 0.2) is 0 Å². The van der Waals surface area contributed by atoms with E-state index in [-0.39, 0.29) is 0 Å². The fourth-order valence-corrected chi connectivity index (χ4v) is 15.8. The van der Waals surface area contributed by atoms with Crippen molar-refractivity contribution in [1.82, 2.24) is 0 Å². The molecule has 0 saturated heterocycles. The van der Waals surface area contributed by atoms with Gasteiger partial charge in [-0.15, -0.1) is 0 Å². The van der Waals surface area contributed by atoms with Crippen molar-refractivity contribution >= 4 is 59.8 Å². The molecule has 132 valence electrons. The summed E-state index contributed by atoms with van der Waals surface area (Å²) in [6, 6.07) is 0. The zero-order valence-electron chi connectivity index (χ0n) is 14.2. The van der Waals surface area contributed by atoms with Gasteiger partial charge in [-0.2, -0.15) is 0 Å². The van der Waals surface area contributed by atoms with Crippen LogP contribution in [0.25, 0.3) is 0 Å². The average molecular weight is 421 g/mol. The molecule has 10 heteroatoms. The Kier molecular flexibility index (Phi) is 17.4. The van der Waals surface area contributed by atoms with E-state index >= 15 is 0 Å². The van der Waals surface area contributed by atoms with Gasteiger partial charge < -0.3 is 17.7 Å². The fraction of sp³-hybridized carbons (Fsp3) is 1.00. The molecule has 0 aromatic rings. The second-order valence-corrected chi connectivity index (χ2v) is 15.7. The lowest BCUT2D eigenvalue weighted by atomic mass is 10.4. The Balaban J connectivity index is 4.22. The fourth-order valence-electron chi connectivity index (χ4n) is 1.75. The molecule has 0 aromatic carbocycles. The van der Waals surface area contributed by atoms with Crippen LogP contribution in [0, 0.1) is 0 Å². The van der Waals surface area contributed by atoms with Crippen LogP contribution >= 0.6 is 41.2 Å². The summed E-state index contributed by atoms with van der Waals surface area (Å²) in [6.45, 7) is 4.40. The van der Waals surface area contributed by atoms with Crippen LogP contribution in [0.3, 0.4) is 0 Å². The van der Waals surface area contributed by atoms with Crippen LogP contribution in [0.5, 0.6) is 0 Å². The summed E-state index contributed by atoms with van der Waals surface area (Å²) < 4.78 is 22.0. The van der Waals surface area contributed by atoms with Crippen molar-refractivity contribution in [2.45, 2.75) is 49.3 Å². The molecule has 0 heterocycles. The third kappa shape index (κ3) is 9.85. The zero-order chi connectivity index (χ0) is 16.8. The van der Waals surface area contributed by atoms with Crippen LogP contribution in [0.2, 0.25) is 0 Å². The van der Waals surface area contributed by atoms with Gasteiger partial charge in [-0.05, 0) is 32.5 Å². The summed E-state index contributed by atoms with van der Waals surface area (Å²) in [5, 5.41) is 0. The Labute approximate surface area is 154 Å². The molecule has 0 spiro atoms. The van der Waals surface area contributed by atoms with Crippen LogP contribution in [0.1, 0.15) is 39.5 Å². The lowest BCUT2D eigenvalue weighted by molar-refractivity contribution is 0.274. The average Bonchev–Trinajstić information content (AvgIpc) is 2.53. The number of rotatable bonds is 15. The lowest BCUT2D eigenvalue weighted by Crippen LogP contribution is -2.32. The summed E-state index contributed by atoms with van der Waals surface area (Å²) in [5.74, 6) is 0. The van der Waals surface area contributed by atoms with Crippen molar-refractivity contribution in [3.05, 3.63) is 0 Å². The minimum atomic E-state index is -1.18. The predicted molar refractivity (Wildman–Crippen MR) is 107 cm³/mol. The van der Waals surface area contributed by atoms with E-state index in [9.17, 15) is 0 Å². The molecule has 0 aliphatic carbocycles. The first-order valence-corrected chi connectivity index (χ1v) is 15.0. The van der Waals surface area contributed by atoms with Gasteiger partial charge in [0.2, 0.25) is 0 Å². The van der Waals surface area contributed by atoms with Crippen molar-refractivity contribution < 1.29 is 17.7 Å². The van der Waals surface area contributed by atoms with Gasteiger partial charge in [0.15, 0.2) is 0 Å². The summed E-state index contributed by atoms with van der Waals surface area (Å²) >= 11 is 0. The van der Waals surface area contributed by atoms with E-state index in [1.54, 1.807) is 28.4 Å². The van der Waals surface area contributed by atoms with E-state index in [0.29, 0.717) is 9.75 Å². The Morgan fingerprint density at radius 1 is 0.682 bits per heavy atom. The van der Waals surface area contributed by atoms with Crippen LogP contribution in [-0.2, 0) is 17.7 Å². The predicted octanol–water partition coefficient (Wildman–Crippen LogP) is 4.64. The molecule has 2 unspecified atom stereocenters. The van der Waals surface area contributed by atoms with Gasteiger partial charge in [-0.1, -0.05) is 48.3 Å². The Morgan fingerprint density at radius 2 is 1.00 bits per heavy atom. The Bertz CT molecular complexity index is 225. The van der Waals surface area contributed by atoms with Gasteiger partial charge >= 0.3 is 18.6 Å². The minimum Gasteiger partial charge on any atom is -0.396 e. The number of hydrogen-bond donors (Lipinski definition) is 0. The molecule has 2 atom stereocenters. The molecule has 2 radical (unpaired) electrons. The Morgan fingerprint density at radius 3 is 1.23 bits per heavy atom. The van der Waals surface area contributed by atoms with Crippen LogP contribution in [-0.4, -0.2) is 56.8 Å². The summed E-state index contributed by atoms with van der Waals surface area (Å²) in [5.41, 5.74) is 0. The van der Waals surface area contributed by atoms with E-state index in [0.717, 1.165) is 25.7 Å². The highest BCUT2D eigenvalue weighted by atomic mass is 33.7. The van der Waals surface area contributed by atoms with Gasteiger partial charge in [0.05, 0.1) is 9.75 Å². The van der Waals surface area contributed by atoms with Crippen molar-refractivity contribution in [2.75, 3.05) is 28.4 Å². The van der Waals surface area contributed by atoms with E-state index in [1.807, 2.05) is 41.2 Å². The zero-order valence-corrected chi connectivity index (χ0v) is 19.5. The van der Waals surface area contributed by atoms with E-state index in [1.165, 1.54) is 0 Å². The molecular weight excluding hydrogens is 393 g/mol. The van der Waals surface area contributed by atoms with Crippen molar-refractivity contribution in [2.24, 2.45) is 0 Å². The Hall–Kier alpha value is 1.67. The molecule has 22 heavy (non-hydrogen) atoms. The van der Waals surface area contributed by atoms with Gasteiger partial charge in [0, 0.05) is 28.4 Å². The molecule has 0 aliphatic heterocycles. The maximum absolute atomic E-state index is 5.50. The highest BCUT2D eigenvalue weighted by Crippen LogP contribution is 2.48. The molecule has 0 aromatic heterocycles.